The number of ether oxygens (including phenoxy) is 2. The van der Waals surface area contributed by atoms with Gasteiger partial charge in [-0.25, -0.2) is 0 Å². The second-order valence-corrected chi connectivity index (χ2v) is 7.27. The highest BCUT2D eigenvalue weighted by Gasteiger charge is 2.34. The van der Waals surface area contributed by atoms with Gasteiger partial charge in [0.1, 0.15) is 5.75 Å². The van der Waals surface area contributed by atoms with Gasteiger partial charge in [0.25, 0.3) is 11.8 Å². The number of benzene rings is 2. The molecule has 0 saturated carbocycles. The first-order valence-electron chi connectivity index (χ1n) is 8.03. The number of amides is 2. The van der Waals surface area contributed by atoms with E-state index in [2.05, 4.69) is 5.43 Å². The highest BCUT2D eigenvalue weighted by atomic mass is 32.2. The van der Waals surface area contributed by atoms with Gasteiger partial charge in [0, 0.05) is 11.1 Å². The maximum Gasteiger partial charge on any atom is 0.285 e. The molecule has 144 valence electrons. The fraction of sp³-hybridized carbons (Fsp3) is 0.105. The first-order valence-corrected chi connectivity index (χ1v) is 9.26. The third-order valence-electron chi connectivity index (χ3n) is 3.84. The van der Waals surface area contributed by atoms with E-state index < -0.39 is 11.8 Å². The van der Waals surface area contributed by atoms with Crippen LogP contribution in [-0.4, -0.2) is 40.5 Å². The van der Waals surface area contributed by atoms with Crippen LogP contribution in [0, 0.1) is 0 Å². The molecular formula is C19H16N2O5S2. The number of hydrazine groups is 1. The number of carbonyl (C=O) groups is 2. The van der Waals surface area contributed by atoms with Gasteiger partial charge in [-0.05, 0) is 42.6 Å². The molecule has 2 aromatic carbocycles. The Kier molecular flexibility index (Phi) is 5.86. The minimum Gasteiger partial charge on any atom is -0.508 e. The summed E-state index contributed by atoms with van der Waals surface area (Å²) in [7, 11) is 3.04. The predicted octanol–water partition coefficient (Wildman–Crippen LogP) is 2.96. The number of nitrogens with zero attached hydrogens (tertiary/aromatic N) is 1. The van der Waals surface area contributed by atoms with Crippen molar-refractivity contribution < 1.29 is 24.2 Å². The minimum absolute atomic E-state index is 0.0527. The Morgan fingerprint density at radius 2 is 1.96 bits per heavy atom. The Labute approximate surface area is 170 Å². The summed E-state index contributed by atoms with van der Waals surface area (Å²) in [6, 6.07) is 11.1. The number of thiocarbonyl (C=S) groups is 1. The van der Waals surface area contributed by atoms with Crippen molar-refractivity contribution in [1.82, 2.24) is 10.4 Å². The van der Waals surface area contributed by atoms with Crippen molar-refractivity contribution >= 4 is 46.2 Å². The van der Waals surface area contributed by atoms with Crippen LogP contribution in [0.1, 0.15) is 15.9 Å². The second-order valence-electron chi connectivity index (χ2n) is 5.59. The van der Waals surface area contributed by atoms with E-state index in [1.54, 1.807) is 24.3 Å². The molecule has 2 aromatic rings. The zero-order valence-electron chi connectivity index (χ0n) is 15.0. The van der Waals surface area contributed by atoms with Gasteiger partial charge in [-0.1, -0.05) is 30.0 Å². The molecule has 0 spiro atoms. The summed E-state index contributed by atoms with van der Waals surface area (Å²) in [5, 5.41) is 10.5. The van der Waals surface area contributed by atoms with Crippen molar-refractivity contribution in [3.8, 4) is 17.2 Å². The lowest BCUT2D eigenvalue weighted by Crippen LogP contribution is -2.44. The molecule has 9 heteroatoms. The van der Waals surface area contributed by atoms with Crippen LogP contribution in [0.25, 0.3) is 6.08 Å². The van der Waals surface area contributed by atoms with Gasteiger partial charge in [-0.15, -0.1) is 0 Å². The molecule has 7 nitrogen and oxygen atoms in total. The molecule has 1 aliphatic rings. The van der Waals surface area contributed by atoms with Crippen molar-refractivity contribution in [3.05, 3.63) is 58.5 Å². The summed E-state index contributed by atoms with van der Waals surface area (Å²) >= 11 is 6.28. The van der Waals surface area contributed by atoms with Crippen LogP contribution in [0.4, 0.5) is 0 Å². The molecule has 0 aliphatic carbocycles. The molecule has 0 bridgehead atoms. The summed E-state index contributed by atoms with van der Waals surface area (Å²) in [4.78, 5) is 25.4. The van der Waals surface area contributed by atoms with Gasteiger partial charge in [-0.2, -0.15) is 5.01 Å². The van der Waals surface area contributed by atoms with Crippen LogP contribution < -0.4 is 14.9 Å². The van der Waals surface area contributed by atoms with Crippen LogP contribution >= 0.6 is 24.0 Å². The van der Waals surface area contributed by atoms with E-state index in [1.165, 1.54) is 38.5 Å². The highest BCUT2D eigenvalue weighted by Crippen LogP contribution is 2.36. The number of hydrogen-bond donors (Lipinski definition) is 2. The summed E-state index contributed by atoms with van der Waals surface area (Å²) < 4.78 is 10.8. The average Bonchev–Trinajstić information content (AvgIpc) is 2.95. The van der Waals surface area contributed by atoms with Crippen LogP contribution in [0.15, 0.2) is 47.4 Å². The monoisotopic (exact) mass is 416 g/mol. The van der Waals surface area contributed by atoms with E-state index in [9.17, 15) is 14.7 Å². The van der Waals surface area contributed by atoms with E-state index >= 15 is 0 Å². The number of rotatable bonds is 5. The van der Waals surface area contributed by atoms with Gasteiger partial charge in [0.15, 0.2) is 15.8 Å². The topological polar surface area (TPSA) is 88.1 Å². The standard InChI is InChI=1S/C19H16N2O5S2/c1-25-14-8-4-5-11(16(14)26-2)10-15-18(24)21(19(27)28-15)20-17(23)12-6-3-7-13(22)9-12/h3-10,22H,1-2H3,(H,20,23). The Morgan fingerprint density at radius 1 is 1.21 bits per heavy atom. The van der Waals surface area contributed by atoms with Crippen molar-refractivity contribution in [2.24, 2.45) is 0 Å². The number of hydrogen-bond acceptors (Lipinski definition) is 7. The van der Waals surface area contributed by atoms with Gasteiger partial charge < -0.3 is 14.6 Å². The summed E-state index contributed by atoms with van der Waals surface area (Å²) in [5.41, 5.74) is 3.31. The van der Waals surface area contributed by atoms with Crippen LogP contribution in [-0.2, 0) is 4.79 Å². The van der Waals surface area contributed by atoms with Gasteiger partial charge >= 0.3 is 0 Å². The molecule has 28 heavy (non-hydrogen) atoms. The molecule has 1 fully saturated rings. The zero-order valence-corrected chi connectivity index (χ0v) is 16.6. The second kappa shape index (κ2) is 8.32. The number of phenolic OH excluding ortho intramolecular Hbond substituents is 1. The molecule has 1 saturated heterocycles. The summed E-state index contributed by atoms with van der Waals surface area (Å²) in [6.07, 6.45) is 1.63. The van der Waals surface area contributed by atoms with E-state index in [0.29, 0.717) is 22.0 Å². The average molecular weight is 416 g/mol. The maximum absolute atomic E-state index is 12.7. The molecule has 0 aromatic heterocycles. The highest BCUT2D eigenvalue weighted by molar-refractivity contribution is 8.26. The fourth-order valence-corrected chi connectivity index (χ4v) is 3.71. The Balaban J connectivity index is 1.84. The molecular weight excluding hydrogens is 400 g/mol. The molecule has 2 N–H and O–H groups in total. The fourth-order valence-electron chi connectivity index (χ4n) is 2.54. The van der Waals surface area contributed by atoms with Crippen LogP contribution in [0.3, 0.4) is 0 Å². The van der Waals surface area contributed by atoms with Crippen LogP contribution in [0.2, 0.25) is 0 Å². The molecule has 1 aliphatic heterocycles. The smallest absolute Gasteiger partial charge is 0.285 e. The van der Waals surface area contributed by atoms with Crippen molar-refractivity contribution in [3.63, 3.8) is 0 Å². The normalized spacial score (nSPS) is 15.1. The lowest BCUT2D eigenvalue weighted by molar-refractivity contribution is -0.123. The first-order chi connectivity index (χ1) is 13.4. The van der Waals surface area contributed by atoms with Gasteiger partial charge in [0.2, 0.25) is 0 Å². The van der Waals surface area contributed by atoms with Crippen molar-refractivity contribution in [2.45, 2.75) is 0 Å². The van der Waals surface area contributed by atoms with E-state index in [-0.39, 0.29) is 15.6 Å². The lowest BCUT2D eigenvalue weighted by atomic mass is 10.1. The van der Waals surface area contributed by atoms with Crippen molar-refractivity contribution in [1.29, 1.82) is 0 Å². The lowest BCUT2D eigenvalue weighted by Gasteiger charge is -2.15. The predicted molar refractivity (Wildman–Crippen MR) is 110 cm³/mol. The number of methoxy groups -OCH3 is 2. The summed E-state index contributed by atoms with van der Waals surface area (Å²) in [6.45, 7) is 0. The van der Waals surface area contributed by atoms with Gasteiger partial charge in [0.05, 0.1) is 19.1 Å². The molecule has 0 atom stereocenters. The third kappa shape index (κ3) is 3.95. The number of aromatic hydroxyl groups is 1. The summed E-state index contributed by atoms with van der Waals surface area (Å²) in [5.74, 6) is -0.0631. The number of carbonyl (C=O) groups excluding carboxylic acids is 2. The molecule has 2 amide bonds. The molecule has 3 rings (SSSR count). The van der Waals surface area contributed by atoms with Crippen LogP contribution in [0.5, 0.6) is 17.2 Å². The number of thioether (sulfide) groups is 1. The third-order valence-corrected chi connectivity index (χ3v) is 5.14. The minimum atomic E-state index is -0.563. The molecule has 0 unspecified atom stereocenters. The van der Waals surface area contributed by atoms with Crippen molar-refractivity contribution in [2.75, 3.05) is 14.2 Å². The van der Waals surface area contributed by atoms with E-state index in [1.807, 2.05) is 0 Å². The first kappa shape index (κ1) is 19.7. The molecule has 1 heterocycles. The Morgan fingerprint density at radius 3 is 2.64 bits per heavy atom. The number of phenols is 1. The number of nitrogens with one attached hydrogen (secondary N) is 1. The zero-order chi connectivity index (χ0) is 20.3. The van der Waals surface area contributed by atoms with Gasteiger partial charge in [-0.3, -0.25) is 15.0 Å². The Hall–Kier alpha value is -3.04. The Bertz CT molecular complexity index is 990. The van der Waals surface area contributed by atoms with E-state index in [4.69, 9.17) is 21.7 Å². The SMILES string of the molecule is COc1cccc(C=C2SC(=S)N(NC(=O)c3cccc(O)c3)C2=O)c1OC. The molecule has 0 radical (unpaired) electrons. The largest absolute Gasteiger partial charge is 0.508 e. The quantitative estimate of drug-likeness (QED) is 0.572. The maximum atomic E-state index is 12.7. The number of para-hydroxylation sites is 1. The van der Waals surface area contributed by atoms with E-state index in [0.717, 1.165) is 16.8 Å².